The van der Waals surface area contributed by atoms with Gasteiger partial charge in [0.2, 0.25) is 0 Å². The summed E-state index contributed by atoms with van der Waals surface area (Å²) in [6, 6.07) is 5.37. The molecular formula is C15H19NO4. The van der Waals surface area contributed by atoms with Crippen molar-refractivity contribution in [2.45, 2.75) is 45.8 Å². The van der Waals surface area contributed by atoms with E-state index >= 15 is 0 Å². The van der Waals surface area contributed by atoms with Crippen molar-refractivity contribution in [3.63, 3.8) is 0 Å². The first-order valence-electron chi connectivity index (χ1n) is 6.45. The van der Waals surface area contributed by atoms with Crippen molar-refractivity contribution >= 4 is 17.6 Å². The van der Waals surface area contributed by atoms with Gasteiger partial charge >= 0.3 is 5.97 Å². The molecule has 0 unspecified atom stereocenters. The summed E-state index contributed by atoms with van der Waals surface area (Å²) in [5.41, 5.74) is -0.954. The van der Waals surface area contributed by atoms with Crippen LogP contribution >= 0.6 is 0 Å². The monoisotopic (exact) mass is 277 g/mol. The summed E-state index contributed by atoms with van der Waals surface area (Å²) in [6.07, 6.45) is 0. The van der Waals surface area contributed by atoms with E-state index in [1.807, 2.05) is 19.1 Å². The number of anilines is 1. The average Bonchev–Trinajstić information content (AvgIpc) is 2.30. The lowest BCUT2D eigenvalue weighted by Crippen LogP contribution is -2.62. The lowest BCUT2D eigenvalue weighted by atomic mass is 9.95. The first-order valence-corrected chi connectivity index (χ1v) is 6.45. The minimum atomic E-state index is -1.35. The Morgan fingerprint density at radius 1 is 1.35 bits per heavy atom. The second kappa shape index (κ2) is 4.23. The van der Waals surface area contributed by atoms with Gasteiger partial charge in [-0.25, -0.2) is 4.79 Å². The molecule has 1 N–H and O–H groups in total. The molecule has 20 heavy (non-hydrogen) atoms. The number of ether oxygens (including phenoxy) is 1. The fraction of sp³-hybridized carbons (Fsp3) is 0.467. The molecule has 0 atom stereocenters. The molecular weight excluding hydrogens is 258 g/mol. The van der Waals surface area contributed by atoms with E-state index in [0.29, 0.717) is 11.4 Å². The molecule has 1 aromatic carbocycles. The largest absolute Gasteiger partial charge is 0.480 e. The number of aryl methyl sites for hydroxylation is 1. The second-order valence-corrected chi connectivity index (χ2v) is 6.09. The summed E-state index contributed by atoms with van der Waals surface area (Å²) >= 11 is 0. The fourth-order valence-electron chi connectivity index (χ4n) is 2.24. The maximum absolute atomic E-state index is 12.6. The van der Waals surface area contributed by atoms with E-state index in [-0.39, 0.29) is 5.91 Å². The van der Waals surface area contributed by atoms with Gasteiger partial charge in [-0.3, -0.25) is 9.69 Å². The molecule has 5 heteroatoms. The molecule has 0 saturated heterocycles. The predicted octanol–water partition coefficient (Wildman–Crippen LogP) is 2.36. The number of benzene rings is 1. The number of amides is 1. The quantitative estimate of drug-likeness (QED) is 0.901. The Morgan fingerprint density at radius 3 is 2.50 bits per heavy atom. The van der Waals surface area contributed by atoms with Crippen LogP contribution in [0.25, 0.3) is 0 Å². The van der Waals surface area contributed by atoms with Crippen LogP contribution in [0.4, 0.5) is 5.69 Å². The fourth-order valence-corrected chi connectivity index (χ4v) is 2.24. The molecule has 0 spiro atoms. The first kappa shape index (κ1) is 14.4. The normalized spacial score (nSPS) is 17.4. The zero-order valence-electron chi connectivity index (χ0n) is 12.4. The minimum absolute atomic E-state index is 0.360. The van der Waals surface area contributed by atoms with Gasteiger partial charge in [-0.1, -0.05) is 6.07 Å². The van der Waals surface area contributed by atoms with Crippen molar-refractivity contribution in [3.05, 3.63) is 23.8 Å². The highest BCUT2D eigenvalue weighted by Gasteiger charge is 2.49. The van der Waals surface area contributed by atoms with Crippen molar-refractivity contribution in [2.24, 2.45) is 0 Å². The van der Waals surface area contributed by atoms with Gasteiger partial charge in [-0.15, -0.1) is 0 Å². The summed E-state index contributed by atoms with van der Waals surface area (Å²) in [5, 5.41) is 9.43. The van der Waals surface area contributed by atoms with E-state index in [1.165, 1.54) is 18.7 Å². The molecule has 1 aliphatic heterocycles. The highest BCUT2D eigenvalue weighted by Crippen LogP contribution is 2.41. The Hall–Kier alpha value is -2.04. The third kappa shape index (κ3) is 2.03. The SMILES string of the molecule is Cc1ccc2c(c1)OC(C)(C)C(=O)N2C(C)(C)C(=O)O. The smallest absolute Gasteiger partial charge is 0.329 e. The Balaban J connectivity index is 2.67. The highest BCUT2D eigenvalue weighted by atomic mass is 16.5. The number of aliphatic carboxylic acids is 1. The lowest BCUT2D eigenvalue weighted by Gasteiger charge is -2.44. The van der Waals surface area contributed by atoms with Gasteiger partial charge in [0.05, 0.1) is 5.69 Å². The molecule has 0 bridgehead atoms. The molecule has 1 heterocycles. The van der Waals surface area contributed by atoms with Crippen LogP contribution in [-0.2, 0) is 9.59 Å². The predicted molar refractivity (Wildman–Crippen MR) is 75.1 cm³/mol. The number of nitrogens with zero attached hydrogens (tertiary/aromatic N) is 1. The summed E-state index contributed by atoms with van der Waals surface area (Å²) in [6.45, 7) is 8.23. The molecule has 0 radical (unpaired) electrons. The number of hydrogen-bond acceptors (Lipinski definition) is 3. The molecule has 1 aromatic rings. The lowest BCUT2D eigenvalue weighted by molar-refractivity contribution is -0.146. The number of carboxylic acids is 1. The molecule has 5 nitrogen and oxygen atoms in total. The van der Waals surface area contributed by atoms with Gasteiger partial charge in [-0.05, 0) is 52.3 Å². The van der Waals surface area contributed by atoms with Crippen LogP contribution in [0.3, 0.4) is 0 Å². The number of carbonyl (C=O) groups excluding carboxylic acids is 1. The molecule has 0 aromatic heterocycles. The van der Waals surface area contributed by atoms with E-state index in [1.54, 1.807) is 19.9 Å². The Bertz CT molecular complexity index is 590. The van der Waals surface area contributed by atoms with Gasteiger partial charge in [-0.2, -0.15) is 0 Å². The van der Waals surface area contributed by atoms with Gasteiger partial charge < -0.3 is 9.84 Å². The minimum Gasteiger partial charge on any atom is -0.480 e. The van der Waals surface area contributed by atoms with E-state index in [4.69, 9.17) is 4.74 Å². The molecule has 0 fully saturated rings. The van der Waals surface area contributed by atoms with E-state index < -0.39 is 17.1 Å². The van der Waals surface area contributed by atoms with Crippen molar-refractivity contribution in [3.8, 4) is 5.75 Å². The number of carbonyl (C=O) groups is 2. The van der Waals surface area contributed by atoms with Crippen molar-refractivity contribution in [1.82, 2.24) is 0 Å². The molecule has 0 aliphatic carbocycles. The maximum atomic E-state index is 12.6. The highest BCUT2D eigenvalue weighted by molar-refractivity contribution is 6.07. The number of rotatable bonds is 2. The van der Waals surface area contributed by atoms with Gasteiger partial charge in [0, 0.05) is 0 Å². The summed E-state index contributed by atoms with van der Waals surface area (Å²) < 4.78 is 5.73. The topological polar surface area (TPSA) is 66.8 Å². The molecule has 1 amide bonds. The zero-order valence-corrected chi connectivity index (χ0v) is 12.4. The Labute approximate surface area is 118 Å². The number of hydrogen-bond donors (Lipinski definition) is 1. The molecule has 2 rings (SSSR count). The van der Waals surface area contributed by atoms with Crippen LogP contribution in [0.1, 0.15) is 33.3 Å². The van der Waals surface area contributed by atoms with E-state index in [2.05, 4.69) is 0 Å². The van der Waals surface area contributed by atoms with Crippen molar-refractivity contribution in [2.75, 3.05) is 4.90 Å². The molecule has 1 aliphatic rings. The van der Waals surface area contributed by atoms with Crippen LogP contribution in [0.5, 0.6) is 5.75 Å². The zero-order chi connectivity index (χ0) is 15.3. The maximum Gasteiger partial charge on any atom is 0.329 e. The third-order valence-electron chi connectivity index (χ3n) is 3.52. The van der Waals surface area contributed by atoms with Gasteiger partial charge in [0.15, 0.2) is 5.60 Å². The molecule has 108 valence electrons. The second-order valence-electron chi connectivity index (χ2n) is 6.09. The van der Waals surface area contributed by atoms with Gasteiger partial charge in [0.1, 0.15) is 11.3 Å². The summed E-state index contributed by atoms with van der Waals surface area (Å²) in [4.78, 5) is 25.4. The van der Waals surface area contributed by atoms with Crippen LogP contribution in [-0.4, -0.2) is 28.1 Å². The number of carboxylic acid groups (broad SMARTS) is 1. The van der Waals surface area contributed by atoms with Crippen LogP contribution in [0.2, 0.25) is 0 Å². The van der Waals surface area contributed by atoms with Crippen LogP contribution in [0.15, 0.2) is 18.2 Å². The first-order chi connectivity index (χ1) is 9.07. The molecule has 0 saturated carbocycles. The Kier molecular flexibility index (Phi) is 3.04. The third-order valence-corrected chi connectivity index (χ3v) is 3.52. The average molecular weight is 277 g/mol. The van der Waals surface area contributed by atoms with Gasteiger partial charge in [0.25, 0.3) is 5.91 Å². The van der Waals surface area contributed by atoms with E-state index in [9.17, 15) is 14.7 Å². The van der Waals surface area contributed by atoms with Crippen LogP contribution < -0.4 is 9.64 Å². The van der Waals surface area contributed by atoms with Crippen LogP contribution in [0, 0.1) is 6.92 Å². The standard InChI is InChI=1S/C15H19NO4/c1-9-6-7-10-11(8-9)20-15(4,5)12(17)16(10)14(2,3)13(18)19/h6-8H,1-5H3,(H,18,19). The Morgan fingerprint density at radius 2 is 1.95 bits per heavy atom. The summed E-state index contributed by atoms with van der Waals surface area (Å²) in [5.74, 6) is -0.889. The van der Waals surface area contributed by atoms with Crippen molar-refractivity contribution < 1.29 is 19.4 Å². The van der Waals surface area contributed by atoms with E-state index in [0.717, 1.165) is 5.56 Å². The number of fused-ring (bicyclic) bond motifs is 1. The van der Waals surface area contributed by atoms with Crippen molar-refractivity contribution in [1.29, 1.82) is 0 Å². The summed E-state index contributed by atoms with van der Waals surface area (Å²) in [7, 11) is 0.